The first kappa shape index (κ1) is 16.7. The minimum absolute atomic E-state index is 0.615. The number of ether oxygens (including phenoxy) is 1. The van der Waals surface area contributed by atoms with Crippen molar-refractivity contribution in [2.75, 3.05) is 12.5 Å². The van der Waals surface area contributed by atoms with Gasteiger partial charge >= 0.3 is 0 Å². The van der Waals surface area contributed by atoms with Crippen LogP contribution in [-0.4, -0.2) is 33.1 Å². The second-order valence-electron chi connectivity index (χ2n) is 5.89. The van der Waals surface area contributed by atoms with Crippen LogP contribution in [0.15, 0.2) is 72.2 Å². The molecule has 0 radical (unpaired) electrons. The van der Waals surface area contributed by atoms with Crippen molar-refractivity contribution in [2.45, 2.75) is 6.54 Å². The van der Waals surface area contributed by atoms with Crippen molar-refractivity contribution in [3.8, 4) is 5.75 Å². The second-order valence-corrected chi connectivity index (χ2v) is 5.89. The highest BCUT2D eigenvalue weighted by molar-refractivity contribution is 5.87. The molecule has 0 aliphatic heterocycles. The van der Waals surface area contributed by atoms with E-state index in [-0.39, 0.29) is 0 Å². The van der Waals surface area contributed by atoms with Crippen molar-refractivity contribution in [3.63, 3.8) is 0 Å². The number of fused-ring (bicyclic) bond motifs is 1. The first-order valence-corrected chi connectivity index (χ1v) is 8.47. The molecule has 7 nitrogen and oxygen atoms in total. The van der Waals surface area contributed by atoms with Gasteiger partial charge in [0.1, 0.15) is 12.1 Å². The standard InChI is InChI=1S/C20H18N6O/c1-27-17-9-7-15(8-10-17)11-23-25-19-18-12-24-26(20(18)22-14-21-19)13-16-5-3-2-4-6-16/h2-12,14H,13H2,1H3,(H,21,22,25)/b23-11-. The molecule has 0 atom stereocenters. The van der Waals surface area contributed by atoms with E-state index < -0.39 is 0 Å². The van der Waals surface area contributed by atoms with Crippen molar-refractivity contribution in [3.05, 3.63) is 78.2 Å². The summed E-state index contributed by atoms with van der Waals surface area (Å²) in [6.45, 7) is 0.649. The zero-order valence-electron chi connectivity index (χ0n) is 14.8. The molecule has 0 saturated heterocycles. The van der Waals surface area contributed by atoms with Crippen LogP contribution in [0, 0.1) is 0 Å². The molecular formula is C20H18N6O. The average molecular weight is 358 g/mol. The average Bonchev–Trinajstić information content (AvgIpc) is 3.13. The highest BCUT2D eigenvalue weighted by atomic mass is 16.5. The molecule has 0 unspecified atom stereocenters. The van der Waals surface area contributed by atoms with Crippen LogP contribution < -0.4 is 10.2 Å². The number of hydrazone groups is 1. The van der Waals surface area contributed by atoms with Gasteiger partial charge in [-0.2, -0.15) is 10.2 Å². The summed E-state index contributed by atoms with van der Waals surface area (Å²) in [6, 6.07) is 17.8. The Balaban J connectivity index is 1.53. The largest absolute Gasteiger partial charge is 0.497 e. The lowest BCUT2D eigenvalue weighted by Gasteiger charge is -2.04. The molecule has 4 aromatic rings. The Morgan fingerprint density at radius 1 is 1.07 bits per heavy atom. The summed E-state index contributed by atoms with van der Waals surface area (Å²) in [4.78, 5) is 8.64. The number of nitrogens with zero attached hydrogens (tertiary/aromatic N) is 5. The third kappa shape index (κ3) is 3.77. The molecule has 4 rings (SSSR count). The molecule has 0 aliphatic carbocycles. The van der Waals surface area contributed by atoms with Crippen LogP contribution in [0.3, 0.4) is 0 Å². The van der Waals surface area contributed by atoms with E-state index in [0.29, 0.717) is 12.4 Å². The maximum Gasteiger partial charge on any atom is 0.163 e. The molecule has 0 spiro atoms. The number of rotatable bonds is 6. The second kappa shape index (κ2) is 7.65. The molecular weight excluding hydrogens is 340 g/mol. The van der Waals surface area contributed by atoms with Crippen LogP contribution in [0.4, 0.5) is 5.82 Å². The summed E-state index contributed by atoms with van der Waals surface area (Å²) in [7, 11) is 1.64. The Morgan fingerprint density at radius 2 is 1.89 bits per heavy atom. The van der Waals surface area contributed by atoms with Crippen molar-refractivity contribution >= 4 is 23.1 Å². The van der Waals surface area contributed by atoms with E-state index in [1.54, 1.807) is 19.5 Å². The lowest BCUT2D eigenvalue weighted by molar-refractivity contribution is 0.415. The van der Waals surface area contributed by atoms with E-state index in [1.165, 1.54) is 6.33 Å². The van der Waals surface area contributed by atoms with E-state index in [9.17, 15) is 0 Å². The normalized spacial score (nSPS) is 11.1. The summed E-state index contributed by atoms with van der Waals surface area (Å²) in [5.74, 6) is 1.42. The van der Waals surface area contributed by atoms with Crippen LogP contribution in [0.2, 0.25) is 0 Å². The maximum atomic E-state index is 5.15. The van der Waals surface area contributed by atoms with Gasteiger partial charge in [-0.1, -0.05) is 30.3 Å². The molecule has 2 aromatic carbocycles. The number of nitrogens with one attached hydrogen (secondary N) is 1. The lowest BCUT2D eigenvalue weighted by atomic mass is 10.2. The summed E-state index contributed by atoms with van der Waals surface area (Å²) in [5.41, 5.74) is 5.85. The van der Waals surface area contributed by atoms with Crippen molar-refractivity contribution < 1.29 is 4.74 Å². The topological polar surface area (TPSA) is 77.2 Å². The van der Waals surface area contributed by atoms with Crippen molar-refractivity contribution in [1.29, 1.82) is 0 Å². The maximum absolute atomic E-state index is 5.15. The molecule has 0 saturated carbocycles. The molecule has 0 bridgehead atoms. The SMILES string of the molecule is COc1ccc(/C=N\Nc2ncnc3c2cnn3Cc2ccccc2)cc1. The van der Waals surface area contributed by atoms with E-state index in [4.69, 9.17) is 4.74 Å². The van der Waals surface area contributed by atoms with Crippen LogP contribution >= 0.6 is 0 Å². The number of anilines is 1. The molecule has 7 heteroatoms. The van der Waals surface area contributed by atoms with E-state index >= 15 is 0 Å². The van der Waals surface area contributed by atoms with E-state index in [0.717, 1.165) is 27.9 Å². The monoisotopic (exact) mass is 358 g/mol. The zero-order chi connectivity index (χ0) is 18.5. The molecule has 2 heterocycles. The molecule has 0 amide bonds. The van der Waals surface area contributed by atoms with Gasteiger partial charge in [0.2, 0.25) is 0 Å². The number of aromatic nitrogens is 4. The lowest BCUT2D eigenvalue weighted by Crippen LogP contribution is -2.03. The highest BCUT2D eigenvalue weighted by Gasteiger charge is 2.09. The van der Waals surface area contributed by atoms with Gasteiger partial charge in [-0.3, -0.25) is 5.43 Å². The van der Waals surface area contributed by atoms with Crippen molar-refractivity contribution in [2.24, 2.45) is 5.10 Å². The van der Waals surface area contributed by atoms with Gasteiger partial charge in [0.05, 0.1) is 31.5 Å². The molecule has 27 heavy (non-hydrogen) atoms. The fourth-order valence-electron chi connectivity index (χ4n) is 2.71. The summed E-state index contributed by atoms with van der Waals surface area (Å²) in [5, 5.41) is 9.53. The van der Waals surface area contributed by atoms with E-state index in [1.807, 2.05) is 47.1 Å². The molecule has 0 fully saturated rings. The van der Waals surface area contributed by atoms with Crippen LogP contribution in [0.5, 0.6) is 5.75 Å². The number of hydrogen-bond donors (Lipinski definition) is 1. The smallest absolute Gasteiger partial charge is 0.163 e. The molecule has 0 aliphatic rings. The van der Waals surface area contributed by atoms with Gasteiger partial charge in [-0.05, 0) is 35.4 Å². The summed E-state index contributed by atoms with van der Waals surface area (Å²) < 4.78 is 7.00. The fraction of sp³-hybridized carbons (Fsp3) is 0.100. The van der Waals surface area contributed by atoms with Crippen LogP contribution in [0.25, 0.3) is 11.0 Å². The van der Waals surface area contributed by atoms with Crippen LogP contribution in [-0.2, 0) is 6.54 Å². The highest BCUT2D eigenvalue weighted by Crippen LogP contribution is 2.19. The van der Waals surface area contributed by atoms with Gasteiger partial charge in [-0.25, -0.2) is 14.6 Å². The zero-order valence-corrected chi connectivity index (χ0v) is 14.8. The fourth-order valence-corrected chi connectivity index (χ4v) is 2.71. The predicted octanol–water partition coefficient (Wildman–Crippen LogP) is 3.33. The first-order chi connectivity index (χ1) is 13.3. The third-order valence-corrected chi connectivity index (χ3v) is 4.11. The number of hydrogen-bond acceptors (Lipinski definition) is 6. The third-order valence-electron chi connectivity index (χ3n) is 4.11. The Bertz CT molecular complexity index is 1060. The summed E-state index contributed by atoms with van der Waals surface area (Å²) >= 11 is 0. The van der Waals surface area contributed by atoms with Gasteiger partial charge < -0.3 is 4.74 Å². The Kier molecular flexibility index (Phi) is 4.74. The molecule has 2 aromatic heterocycles. The van der Waals surface area contributed by atoms with Gasteiger partial charge in [0.15, 0.2) is 11.5 Å². The van der Waals surface area contributed by atoms with E-state index in [2.05, 4.69) is 37.7 Å². The number of benzene rings is 2. The predicted molar refractivity (Wildman–Crippen MR) is 105 cm³/mol. The minimum atomic E-state index is 0.615. The van der Waals surface area contributed by atoms with Crippen LogP contribution in [0.1, 0.15) is 11.1 Å². The molecule has 134 valence electrons. The van der Waals surface area contributed by atoms with Gasteiger partial charge in [0, 0.05) is 0 Å². The first-order valence-electron chi connectivity index (χ1n) is 8.47. The van der Waals surface area contributed by atoms with Crippen molar-refractivity contribution in [1.82, 2.24) is 19.7 Å². The Morgan fingerprint density at radius 3 is 2.67 bits per heavy atom. The molecule has 1 N–H and O–H groups in total. The quantitative estimate of drug-likeness (QED) is 0.423. The van der Waals surface area contributed by atoms with Gasteiger partial charge in [0.25, 0.3) is 0 Å². The van der Waals surface area contributed by atoms with Gasteiger partial charge in [-0.15, -0.1) is 0 Å². The summed E-state index contributed by atoms with van der Waals surface area (Å²) in [6.07, 6.45) is 4.99. The Labute approximate surface area is 156 Å². The minimum Gasteiger partial charge on any atom is -0.497 e. The Hall–Kier alpha value is -3.74. The number of methoxy groups -OCH3 is 1.